The zero-order valence-corrected chi connectivity index (χ0v) is 11.2. The summed E-state index contributed by atoms with van der Waals surface area (Å²) >= 11 is 3.12. The number of nitro groups is 1. The molecular formula is C11H7BrFN3O3. The van der Waals surface area contributed by atoms with Gasteiger partial charge in [-0.15, -0.1) is 0 Å². The van der Waals surface area contributed by atoms with E-state index in [4.69, 9.17) is 4.74 Å². The summed E-state index contributed by atoms with van der Waals surface area (Å²) in [6.45, 7) is 1.50. The molecule has 0 N–H and O–H groups in total. The fraction of sp³-hybridized carbons (Fsp3) is 0.0909. The zero-order valence-electron chi connectivity index (χ0n) is 9.63. The van der Waals surface area contributed by atoms with E-state index in [1.165, 1.54) is 25.4 Å². The van der Waals surface area contributed by atoms with Gasteiger partial charge in [-0.2, -0.15) is 0 Å². The van der Waals surface area contributed by atoms with Crippen LogP contribution in [-0.2, 0) is 0 Å². The highest BCUT2D eigenvalue weighted by molar-refractivity contribution is 9.10. The van der Waals surface area contributed by atoms with Crippen LogP contribution in [-0.4, -0.2) is 14.9 Å². The Hall–Kier alpha value is -2.09. The summed E-state index contributed by atoms with van der Waals surface area (Å²) in [5.74, 6) is -0.824. The predicted molar refractivity (Wildman–Crippen MR) is 67.6 cm³/mol. The minimum atomic E-state index is -0.827. The van der Waals surface area contributed by atoms with Gasteiger partial charge >= 0.3 is 0 Å². The first-order chi connectivity index (χ1) is 8.97. The van der Waals surface area contributed by atoms with E-state index in [2.05, 4.69) is 25.9 Å². The van der Waals surface area contributed by atoms with E-state index < -0.39 is 10.7 Å². The quantitative estimate of drug-likeness (QED) is 0.490. The highest BCUT2D eigenvalue weighted by atomic mass is 79.9. The van der Waals surface area contributed by atoms with Gasteiger partial charge in [0.1, 0.15) is 10.9 Å². The molecule has 2 aromatic rings. The Balaban J connectivity index is 2.36. The van der Waals surface area contributed by atoms with Crippen LogP contribution in [0.15, 0.2) is 29.1 Å². The first-order valence-corrected chi connectivity index (χ1v) is 5.86. The molecule has 0 unspecified atom stereocenters. The third kappa shape index (κ3) is 3.02. The Morgan fingerprint density at radius 3 is 2.74 bits per heavy atom. The van der Waals surface area contributed by atoms with Crippen molar-refractivity contribution in [1.82, 2.24) is 9.97 Å². The van der Waals surface area contributed by atoms with E-state index in [0.29, 0.717) is 10.2 Å². The Kier molecular flexibility index (Phi) is 3.70. The van der Waals surface area contributed by atoms with Crippen LogP contribution in [0.25, 0.3) is 0 Å². The number of benzene rings is 1. The Bertz CT molecular complexity index is 651. The number of nitrogens with zero attached hydrogens (tertiary/aromatic N) is 3. The third-order valence-corrected chi connectivity index (χ3v) is 2.70. The lowest BCUT2D eigenvalue weighted by molar-refractivity contribution is -0.385. The van der Waals surface area contributed by atoms with Crippen molar-refractivity contribution in [3.8, 4) is 11.6 Å². The van der Waals surface area contributed by atoms with Gasteiger partial charge in [0.25, 0.3) is 5.69 Å². The first-order valence-electron chi connectivity index (χ1n) is 5.07. The van der Waals surface area contributed by atoms with Gasteiger partial charge in [0, 0.05) is 11.6 Å². The van der Waals surface area contributed by atoms with Crippen LogP contribution in [0.4, 0.5) is 10.1 Å². The van der Waals surface area contributed by atoms with E-state index in [0.717, 1.165) is 6.07 Å². The van der Waals surface area contributed by atoms with E-state index in [9.17, 15) is 14.5 Å². The lowest BCUT2D eigenvalue weighted by Gasteiger charge is -2.07. The monoisotopic (exact) mass is 327 g/mol. The number of halogens is 2. The molecule has 0 bridgehead atoms. The topological polar surface area (TPSA) is 78.2 Å². The van der Waals surface area contributed by atoms with Crippen molar-refractivity contribution in [3.05, 3.63) is 50.6 Å². The average Bonchev–Trinajstić information content (AvgIpc) is 2.33. The largest absolute Gasteiger partial charge is 0.436 e. The molecule has 0 saturated carbocycles. The summed E-state index contributed by atoms with van der Waals surface area (Å²) in [4.78, 5) is 17.6. The van der Waals surface area contributed by atoms with Crippen LogP contribution in [0.1, 0.15) is 5.56 Å². The van der Waals surface area contributed by atoms with Gasteiger partial charge in [-0.25, -0.2) is 14.4 Å². The van der Waals surface area contributed by atoms with Crippen molar-refractivity contribution in [2.45, 2.75) is 6.92 Å². The standard InChI is InChI=1S/C11H7BrFN3O3/c1-6-2-9(7(13)3-8(6)16(17)18)19-11-4-10(12)14-5-15-11/h2-5H,1H3. The second kappa shape index (κ2) is 5.27. The molecule has 6 nitrogen and oxygen atoms in total. The van der Waals surface area contributed by atoms with Crippen LogP contribution >= 0.6 is 15.9 Å². The lowest BCUT2D eigenvalue weighted by atomic mass is 10.2. The van der Waals surface area contributed by atoms with Crippen molar-refractivity contribution in [2.75, 3.05) is 0 Å². The van der Waals surface area contributed by atoms with E-state index in [1.807, 2.05) is 0 Å². The number of aromatic nitrogens is 2. The molecular weight excluding hydrogens is 321 g/mol. The van der Waals surface area contributed by atoms with Gasteiger partial charge in [-0.1, -0.05) is 0 Å². The number of rotatable bonds is 3. The molecule has 0 radical (unpaired) electrons. The van der Waals surface area contributed by atoms with Crippen molar-refractivity contribution in [2.24, 2.45) is 0 Å². The smallest absolute Gasteiger partial charge is 0.275 e. The molecule has 0 atom stereocenters. The van der Waals surface area contributed by atoms with Gasteiger partial charge in [0.05, 0.1) is 11.0 Å². The average molecular weight is 328 g/mol. The summed E-state index contributed by atoms with van der Waals surface area (Å²) in [6.07, 6.45) is 1.25. The molecule has 98 valence electrons. The first kappa shape index (κ1) is 13.3. The maximum atomic E-state index is 13.7. The molecule has 0 aliphatic rings. The van der Waals surface area contributed by atoms with Gasteiger partial charge in [0.15, 0.2) is 11.6 Å². The minimum Gasteiger partial charge on any atom is -0.436 e. The number of hydrogen-bond acceptors (Lipinski definition) is 5. The van der Waals surface area contributed by atoms with Gasteiger partial charge < -0.3 is 4.74 Å². The van der Waals surface area contributed by atoms with Gasteiger partial charge in [-0.05, 0) is 28.9 Å². The predicted octanol–water partition coefficient (Wildman–Crippen LogP) is 3.39. The zero-order chi connectivity index (χ0) is 14.0. The Morgan fingerprint density at radius 2 is 2.11 bits per heavy atom. The second-order valence-corrected chi connectivity index (χ2v) is 4.42. The molecule has 1 aromatic carbocycles. The minimum absolute atomic E-state index is 0.131. The second-order valence-electron chi connectivity index (χ2n) is 3.61. The summed E-state index contributed by atoms with van der Waals surface area (Å²) < 4.78 is 19.4. The van der Waals surface area contributed by atoms with Crippen LogP contribution < -0.4 is 4.74 Å². The fourth-order valence-electron chi connectivity index (χ4n) is 1.41. The SMILES string of the molecule is Cc1cc(Oc2cc(Br)ncn2)c(F)cc1[N+](=O)[O-]. The van der Waals surface area contributed by atoms with Crippen LogP contribution in [0.5, 0.6) is 11.6 Å². The molecule has 8 heteroatoms. The van der Waals surface area contributed by atoms with Gasteiger partial charge in [-0.3, -0.25) is 10.1 Å². The Labute approximate surface area is 115 Å². The summed E-state index contributed by atoms with van der Waals surface area (Å²) in [6, 6.07) is 3.53. The molecule has 19 heavy (non-hydrogen) atoms. The fourth-order valence-corrected chi connectivity index (χ4v) is 1.69. The van der Waals surface area contributed by atoms with Crippen molar-refractivity contribution >= 4 is 21.6 Å². The normalized spacial score (nSPS) is 10.3. The molecule has 0 fully saturated rings. The molecule has 1 heterocycles. The van der Waals surface area contributed by atoms with Crippen molar-refractivity contribution in [3.63, 3.8) is 0 Å². The highest BCUT2D eigenvalue weighted by Gasteiger charge is 2.17. The van der Waals surface area contributed by atoms with E-state index >= 15 is 0 Å². The van der Waals surface area contributed by atoms with E-state index in [-0.39, 0.29) is 17.3 Å². The van der Waals surface area contributed by atoms with Gasteiger partial charge in [0.2, 0.25) is 5.88 Å². The van der Waals surface area contributed by atoms with E-state index in [1.54, 1.807) is 0 Å². The van der Waals surface area contributed by atoms with Crippen molar-refractivity contribution in [1.29, 1.82) is 0 Å². The Morgan fingerprint density at radius 1 is 1.37 bits per heavy atom. The third-order valence-electron chi connectivity index (χ3n) is 2.27. The summed E-state index contributed by atoms with van der Waals surface area (Å²) in [5.41, 5.74) is 0.00300. The molecule has 0 amide bonds. The molecule has 0 saturated heterocycles. The number of ether oxygens (including phenoxy) is 1. The summed E-state index contributed by atoms with van der Waals surface area (Å²) in [7, 11) is 0. The lowest BCUT2D eigenvalue weighted by Crippen LogP contribution is -1.97. The molecule has 2 rings (SSSR count). The number of hydrogen-bond donors (Lipinski definition) is 0. The maximum Gasteiger partial charge on any atom is 0.275 e. The van der Waals surface area contributed by atoms with Crippen molar-refractivity contribution < 1.29 is 14.1 Å². The van der Waals surface area contributed by atoms with Crippen LogP contribution in [0.3, 0.4) is 0 Å². The van der Waals surface area contributed by atoms with Crippen LogP contribution in [0, 0.1) is 22.9 Å². The van der Waals surface area contributed by atoms with Crippen LogP contribution in [0.2, 0.25) is 0 Å². The molecule has 0 aliphatic carbocycles. The summed E-state index contributed by atoms with van der Waals surface area (Å²) in [5, 5.41) is 10.7. The molecule has 0 spiro atoms. The highest BCUT2D eigenvalue weighted by Crippen LogP contribution is 2.30. The molecule has 0 aliphatic heterocycles. The number of nitro benzene ring substituents is 1. The number of aryl methyl sites for hydroxylation is 1. The molecule has 1 aromatic heterocycles. The maximum absolute atomic E-state index is 13.7.